The molecule has 1 aliphatic carbocycles. The van der Waals surface area contributed by atoms with Gasteiger partial charge in [-0.2, -0.15) is 0 Å². The number of unbranched alkanes of at least 4 members (excludes halogenated alkanes) is 1. The van der Waals surface area contributed by atoms with Crippen LogP contribution in [0, 0.1) is 0 Å². The molecule has 0 unspecified atom stereocenters. The van der Waals surface area contributed by atoms with Crippen LogP contribution in [0.2, 0.25) is 0 Å². The van der Waals surface area contributed by atoms with Crippen LogP contribution < -0.4 is 5.32 Å². The molecule has 1 saturated carbocycles. The van der Waals surface area contributed by atoms with Crippen LogP contribution in [0.25, 0.3) is 0 Å². The summed E-state index contributed by atoms with van der Waals surface area (Å²) in [6.45, 7) is 1.21. The van der Waals surface area contributed by atoms with Crippen molar-refractivity contribution in [1.82, 2.24) is 5.32 Å². The lowest BCUT2D eigenvalue weighted by molar-refractivity contribution is 0.513. The minimum Gasteiger partial charge on any atom is -0.314 e. The molecule has 2 rings (SSSR count). The van der Waals surface area contributed by atoms with Crippen LogP contribution in [0.4, 0.5) is 0 Å². The van der Waals surface area contributed by atoms with Crippen molar-refractivity contribution < 1.29 is 0 Å². The molecule has 1 nitrogen and oxygen atoms in total. The van der Waals surface area contributed by atoms with Crippen molar-refractivity contribution in [2.45, 2.75) is 49.5 Å². The monoisotopic (exact) mass is 249 g/mol. The Balaban J connectivity index is 1.46. The quantitative estimate of drug-likeness (QED) is 0.577. The van der Waals surface area contributed by atoms with Crippen molar-refractivity contribution in [3.8, 4) is 0 Å². The Bertz CT molecular complexity index is 293. The molecule has 0 atom stereocenters. The summed E-state index contributed by atoms with van der Waals surface area (Å²) in [5.74, 6) is 1.25. The van der Waals surface area contributed by atoms with Gasteiger partial charge in [0.2, 0.25) is 0 Å². The van der Waals surface area contributed by atoms with E-state index < -0.39 is 0 Å². The second kappa shape index (κ2) is 7.78. The van der Waals surface area contributed by atoms with Gasteiger partial charge in [0, 0.05) is 10.9 Å². The zero-order valence-electron chi connectivity index (χ0n) is 10.5. The molecule has 1 aromatic carbocycles. The zero-order valence-corrected chi connectivity index (χ0v) is 11.3. The summed E-state index contributed by atoms with van der Waals surface area (Å²) in [6, 6.07) is 11.5. The third kappa shape index (κ3) is 5.13. The fourth-order valence-electron chi connectivity index (χ4n) is 2.37. The summed E-state index contributed by atoms with van der Waals surface area (Å²) in [5, 5.41) is 3.67. The Kier molecular flexibility index (Phi) is 5.94. The van der Waals surface area contributed by atoms with E-state index in [2.05, 4.69) is 35.6 Å². The van der Waals surface area contributed by atoms with Gasteiger partial charge < -0.3 is 5.32 Å². The van der Waals surface area contributed by atoms with Gasteiger partial charge in [-0.1, -0.05) is 31.0 Å². The van der Waals surface area contributed by atoms with Crippen molar-refractivity contribution >= 4 is 11.8 Å². The molecule has 1 aliphatic rings. The fraction of sp³-hybridized carbons (Fsp3) is 0.600. The summed E-state index contributed by atoms with van der Waals surface area (Å²) in [7, 11) is 0. The van der Waals surface area contributed by atoms with E-state index in [-0.39, 0.29) is 0 Å². The molecule has 0 saturated heterocycles. The van der Waals surface area contributed by atoms with E-state index in [9.17, 15) is 0 Å². The lowest BCUT2D eigenvalue weighted by atomic mass is 10.2. The second-order valence-electron chi connectivity index (χ2n) is 4.80. The highest BCUT2D eigenvalue weighted by molar-refractivity contribution is 7.99. The maximum Gasteiger partial charge on any atom is 0.00719 e. The maximum atomic E-state index is 3.67. The van der Waals surface area contributed by atoms with Gasteiger partial charge in [-0.3, -0.25) is 0 Å². The molecule has 0 aliphatic heterocycles. The molecule has 0 heterocycles. The summed E-state index contributed by atoms with van der Waals surface area (Å²) < 4.78 is 0. The molecule has 0 amide bonds. The van der Waals surface area contributed by atoms with Gasteiger partial charge in [-0.15, -0.1) is 11.8 Å². The van der Waals surface area contributed by atoms with Crippen LogP contribution in [0.15, 0.2) is 35.2 Å². The first kappa shape index (κ1) is 13.0. The van der Waals surface area contributed by atoms with Gasteiger partial charge in [0.15, 0.2) is 0 Å². The largest absolute Gasteiger partial charge is 0.314 e. The van der Waals surface area contributed by atoms with E-state index >= 15 is 0 Å². The standard InChI is InChI=1S/C15H23NS/c1-2-10-15(11-3-1)17-13-7-6-12-16-14-8-4-5-9-14/h1-3,10-11,14,16H,4-9,12-13H2. The molecular weight excluding hydrogens is 226 g/mol. The lowest BCUT2D eigenvalue weighted by Crippen LogP contribution is -2.26. The number of hydrogen-bond acceptors (Lipinski definition) is 2. The smallest absolute Gasteiger partial charge is 0.00719 e. The van der Waals surface area contributed by atoms with Crippen molar-refractivity contribution in [2.24, 2.45) is 0 Å². The van der Waals surface area contributed by atoms with E-state index in [1.165, 1.54) is 55.7 Å². The lowest BCUT2D eigenvalue weighted by Gasteiger charge is -2.11. The average molecular weight is 249 g/mol. The Morgan fingerprint density at radius 3 is 2.59 bits per heavy atom. The topological polar surface area (TPSA) is 12.0 Å². The molecule has 1 aromatic rings. The van der Waals surface area contributed by atoms with Crippen molar-refractivity contribution in [2.75, 3.05) is 12.3 Å². The van der Waals surface area contributed by atoms with Gasteiger partial charge in [0.1, 0.15) is 0 Å². The number of benzene rings is 1. The summed E-state index contributed by atoms with van der Waals surface area (Å²) in [5.41, 5.74) is 0. The van der Waals surface area contributed by atoms with Gasteiger partial charge >= 0.3 is 0 Å². The van der Waals surface area contributed by atoms with Crippen molar-refractivity contribution in [3.63, 3.8) is 0 Å². The molecule has 0 bridgehead atoms. The van der Waals surface area contributed by atoms with Gasteiger partial charge in [-0.05, 0) is 50.1 Å². The fourth-order valence-corrected chi connectivity index (χ4v) is 3.30. The van der Waals surface area contributed by atoms with Crippen LogP contribution >= 0.6 is 11.8 Å². The van der Waals surface area contributed by atoms with Crippen molar-refractivity contribution in [3.05, 3.63) is 30.3 Å². The molecule has 0 radical (unpaired) electrons. The number of nitrogens with one attached hydrogen (secondary N) is 1. The van der Waals surface area contributed by atoms with Gasteiger partial charge in [-0.25, -0.2) is 0 Å². The first-order valence-corrected chi connectivity index (χ1v) is 7.85. The maximum absolute atomic E-state index is 3.67. The number of rotatable bonds is 7. The predicted octanol–water partition coefficient (Wildman–Crippen LogP) is 4.09. The predicted molar refractivity (Wildman–Crippen MR) is 76.7 cm³/mol. The summed E-state index contributed by atoms with van der Waals surface area (Å²) in [6.07, 6.45) is 8.30. The Morgan fingerprint density at radius 2 is 1.82 bits per heavy atom. The van der Waals surface area contributed by atoms with Crippen LogP contribution in [-0.4, -0.2) is 18.3 Å². The van der Waals surface area contributed by atoms with Crippen LogP contribution in [0.3, 0.4) is 0 Å². The Morgan fingerprint density at radius 1 is 1.06 bits per heavy atom. The van der Waals surface area contributed by atoms with Gasteiger partial charge in [0.25, 0.3) is 0 Å². The van der Waals surface area contributed by atoms with Crippen LogP contribution in [0.1, 0.15) is 38.5 Å². The Hall–Kier alpha value is -0.470. The number of thioether (sulfide) groups is 1. The van der Waals surface area contributed by atoms with Crippen molar-refractivity contribution in [1.29, 1.82) is 0 Å². The molecule has 94 valence electrons. The highest BCUT2D eigenvalue weighted by atomic mass is 32.2. The first-order chi connectivity index (χ1) is 8.45. The van der Waals surface area contributed by atoms with E-state index in [0.29, 0.717) is 0 Å². The minimum atomic E-state index is 0.830. The minimum absolute atomic E-state index is 0.830. The van der Waals surface area contributed by atoms with E-state index in [1.807, 2.05) is 11.8 Å². The number of hydrogen-bond donors (Lipinski definition) is 1. The molecule has 1 fully saturated rings. The molecule has 0 aromatic heterocycles. The SMILES string of the molecule is c1ccc(SCCCCNC2CCCC2)cc1. The third-order valence-corrected chi connectivity index (χ3v) is 4.47. The normalized spacial score (nSPS) is 16.5. The highest BCUT2D eigenvalue weighted by Gasteiger charge is 2.12. The second-order valence-corrected chi connectivity index (χ2v) is 5.97. The first-order valence-electron chi connectivity index (χ1n) is 6.86. The van der Waals surface area contributed by atoms with E-state index in [1.54, 1.807) is 0 Å². The van der Waals surface area contributed by atoms with Crippen LogP contribution in [0.5, 0.6) is 0 Å². The molecular formula is C15H23NS. The van der Waals surface area contributed by atoms with Crippen LogP contribution in [-0.2, 0) is 0 Å². The summed E-state index contributed by atoms with van der Waals surface area (Å²) in [4.78, 5) is 1.40. The van der Waals surface area contributed by atoms with E-state index in [0.717, 1.165) is 6.04 Å². The molecule has 17 heavy (non-hydrogen) atoms. The zero-order chi connectivity index (χ0) is 11.8. The highest BCUT2D eigenvalue weighted by Crippen LogP contribution is 2.19. The Labute approximate surface area is 109 Å². The molecule has 0 spiro atoms. The third-order valence-electron chi connectivity index (χ3n) is 3.37. The average Bonchev–Trinajstić information content (AvgIpc) is 2.88. The summed E-state index contributed by atoms with van der Waals surface area (Å²) >= 11 is 1.98. The van der Waals surface area contributed by atoms with Gasteiger partial charge in [0.05, 0.1) is 0 Å². The molecule has 2 heteroatoms. The molecule has 1 N–H and O–H groups in total. The van der Waals surface area contributed by atoms with E-state index in [4.69, 9.17) is 0 Å².